The van der Waals surface area contributed by atoms with Gasteiger partial charge in [-0.25, -0.2) is 0 Å². The molecule has 92 valence electrons. The van der Waals surface area contributed by atoms with Crippen LogP contribution in [0, 0.1) is 0 Å². The maximum Gasteiger partial charge on any atom is 0.0406 e. The highest BCUT2D eigenvalue weighted by molar-refractivity contribution is 6.30. The lowest BCUT2D eigenvalue weighted by molar-refractivity contribution is 0.866. The molecule has 2 aromatic carbocycles. The standard InChI is InChI=1S/C17H17Cl/c1-13(2)16-9-5-14(6-10-16)3-4-15-7-11-17(18)12-8-15/h3-13H,1-2H3/b4-3+. The molecule has 0 aromatic heterocycles. The van der Waals surface area contributed by atoms with Gasteiger partial charge >= 0.3 is 0 Å². The molecule has 0 spiro atoms. The first kappa shape index (κ1) is 12.9. The first-order valence-corrected chi connectivity index (χ1v) is 6.56. The maximum atomic E-state index is 5.85. The van der Waals surface area contributed by atoms with Gasteiger partial charge in [0.25, 0.3) is 0 Å². The Balaban J connectivity index is 2.11. The molecule has 0 atom stereocenters. The van der Waals surface area contributed by atoms with E-state index in [0.29, 0.717) is 5.92 Å². The van der Waals surface area contributed by atoms with Crippen LogP contribution in [0.4, 0.5) is 0 Å². The third kappa shape index (κ3) is 3.48. The summed E-state index contributed by atoms with van der Waals surface area (Å²) in [5, 5.41) is 0.772. The van der Waals surface area contributed by atoms with Gasteiger partial charge in [0, 0.05) is 5.02 Å². The molecule has 0 heterocycles. The quantitative estimate of drug-likeness (QED) is 0.624. The zero-order valence-electron chi connectivity index (χ0n) is 10.7. The van der Waals surface area contributed by atoms with Gasteiger partial charge in [-0.1, -0.05) is 74.0 Å². The van der Waals surface area contributed by atoms with Gasteiger partial charge in [-0.3, -0.25) is 0 Å². The molecular formula is C17H17Cl. The van der Waals surface area contributed by atoms with E-state index in [1.807, 2.05) is 24.3 Å². The minimum atomic E-state index is 0.583. The Hall–Kier alpha value is -1.53. The average Bonchev–Trinajstić information content (AvgIpc) is 2.38. The van der Waals surface area contributed by atoms with Crippen molar-refractivity contribution in [2.45, 2.75) is 19.8 Å². The minimum Gasteiger partial charge on any atom is -0.0843 e. The van der Waals surface area contributed by atoms with E-state index in [0.717, 1.165) is 10.6 Å². The van der Waals surface area contributed by atoms with Crippen LogP contribution in [0.3, 0.4) is 0 Å². The fourth-order valence-electron chi connectivity index (χ4n) is 1.76. The fourth-order valence-corrected chi connectivity index (χ4v) is 1.88. The van der Waals surface area contributed by atoms with E-state index < -0.39 is 0 Å². The number of hydrogen-bond donors (Lipinski definition) is 0. The molecule has 0 aliphatic heterocycles. The lowest BCUT2D eigenvalue weighted by atomic mass is 10.0. The summed E-state index contributed by atoms with van der Waals surface area (Å²) in [5.41, 5.74) is 3.75. The number of halogens is 1. The monoisotopic (exact) mass is 256 g/mol. The highest BCUT2D eigenvalue weighted by Crippen LogP contribution is 2.16. The number of rotatable bonds is 3. The van der Waals surface area contributed by atoms with Crippen LogP contribution in [0.2, 0.25) is 5.02 Å². The van der Waals surface area contributed by atoms with E-state index in [2.05, 4.69) is 50.3 Å². The van der Waals surface area contributed by atoms with Crippen LogP contribution in [0.5, 0.6) is 0 Å². The van der Waals surface area contributed by atoms with Gasteiger partial charge in [0.2, 0.25) is 0 Å². The predicted molar refractivity (Wildman–Crippen MR) is 80.9 cm³/mol. The summed E-state index contributed by atoms with van der Waals surface area (Å²) in [5.74, 6) is 0.583. The Morgan fingerprint density at radius 3 is 1.67 bits per heavy atom. The van der Waals surface area contributed by atoms with E-state index in [-0.39, 0.29) is 0 Å². The van der Waals surface area contributed by atoms with Crippen LogP contribution in [-0.2, 0) is 0 Å². The summed E-state index contributed by atoms with van der Waals surface area (Å²) in [7, 11) is 0. The van der Waals surface area contributed by atoms with E-state index in [1.165, 1.54) is 11.1 Å². The van der Waals surface area contributed by atoms with Crippen molar-refractivity contribution in [3.8, 4) is 0 Å². The van der Waals surface area contributed by atoms with Crippen molar-refractivity contribution in [3.05, 3.63) is 70.2 Å². The lowest BCUT2D eigenvalue weighted by Crippen LogP contribution is -1.85. The topological polar surface area (TPSA) is 0 Å². The molecule has 2 rings (SSSR count). The SMILES string of the molecule is CC(C)c1ccc(/C=C/c2ccc(Cl)cc2)cc1. The summed E-state index contributed by atoms with van der Waals surface area (Å²) >= 11 is 5.85. The fraction of sp³-hybridized carbons (Fsp3) is 0.176. The second kappa shape index (κ2) is 5.88. The molecule has 1 heteroatoms. The molecule has 0 bridgehead atoms. The molecule has 0 aliphatic rings. The lowest BCUT2D eigenvalue weighted by Gasteiger charge is -2.04. The normalized spacial score (nSPS) is 11.3. The molecule has 0 aliphatic carbocycles. The third-order valence-electron chi connectivity index (χ3n) is 2.94. The second-order valence-electron chi connectivity index (χ2n) is 4.71. The van der Waals surface area contributed by atoms with Crippen molar-refractivity contribution in [1.29, 1.82) is 0 Å². The molecule has 0 saturated carbocycles. The van der Waals surface area contributed by atoms with Crippen molar-refractivity contribution in [2.24, 2.45) is 0 Å². The Morgan fingerprint density at radius 1 is 0.778 bits per heavy atom. The number of benzene rings is 2. The average molecular weight is 257 g/mol. The van der Waals surface area contributed by atoms with Gasteiger partial charge in [-0.15, -0.1) is 0 Å². The summed E-state index contributed by atoms with van der Waals surface area (Å²) in [6.45, 7) is 4.41. The van der Waals surface area contributed by atoms with Crippen molar-refractivity contribution in [1.82, 2.24) is 0 Å². The summed E-state index contributed by atoms with van der Waals surface area (Å²) in [4.78, 5) is 0. The molecule has 0 N–H and O–H groups in total. The molecular weight excluding hydrogens is 240 g/mol. The van der Waals surface area contributed by atoms with Gasteiger partial charge in [-0.05, 0) is 34.7 Å². The third-order valence-corrected chi connectivity index (χ3v) is 3.19. The van der Waals surface area contributed by atoms with Crippen molar-refractivity contribution >= 4 is 23.8 Å². The van der Waals surface area contributed by atoms with Gasteiger partial charge in [0.05, 0.1) is 0 Å². The molecule has 0 amide bonds. The molecule has 0 nitrogen and oxygen atoms in total. The molecule has 2 aromatic rings. The molecule has 0 fully saturated rings. The summed E-state index contributed by atoms with van der Waals surface area (Å²) in [6, 6.07) is 16.5. The van der Waals surface area contributed by atoms with Gasteiger partial charge in [0.1, 0.15) is 0 Å². The van der Waals surface area contributed by atoms with E-state index in [9.17, 15) is 0 Å². The van der Waals surface area contributed by atoms with Gasteiger partial charge in [-0.2, -0.15) is 0 Å². The maximum absolute atomic E-state index is 5.85. The Kier molecular flexibility index (Phi) is 4.22. The van der Waals surface area contributed by atoms with Crippen LogP contribution in [-0.4, -0.2) is 0 Å². The first-order valence-electron chi connectivity index (χ1n) is 6.19. The molecule has 0 saturated heterocycles. The van der Waals surface area contributed by atoms with Crippen molar-refractivity contribution in [3.63, 3.8) is 0 Å². The minimum absolute atomic E-state index is 0.583. The number of hydrogen-bond acceptors (Lipinski definition) is 0. The highest BCUT2D eigenvalue weighted by Gasteiger charge is 1.97. The molecule has 0 radical (unpaired) electrons. The second-order valence-corrected chi connectivity index (χ2v) is 5.14. The largest absolute Gasteiger partial charge is 0.0843 e. The molecule has 18 heavy (non-hydrogen) atoms. The van der Waals surface area contributed by atoms with E-state index in [1.54, 1.807) is 0 Å². The van der Waals surface area contributed by atoms with E-state index in [4.69, 9.17) is 11.6 Å². The van der Waals surface area contributed by atoms with Crippen LogP contribution >= 0.6 is 11.6 Å². The van der Waals surface area contributed by atoms with E-state index >= 15 is 0 Å². The smallest absolute Gasteiger partial charge is 0.0406 e. The predicted octanol–water partition coefficient (Wildman–Crippen LogP) is 5.63. The molecule has 0 unspecified atom stereocenters. The Labute approximate surface area is 114 Å². The van der Waals surface area contributed by atoms with Crippen LogP contribution in [0.15, 0.2) is 48.5 Å². The van der Waals surface area contributed by atoms with Gasteiger partial charge < -0.3 is 0 Å². The first-order chi connectivity index (χ1) is 8.65. The van der Waals surface area contributed by atoms with Crippen molar-refractivity contribution < 1.29 is 0 Å². The zero-order valence-corrected chi connectivity index (χ0v) is 11.5. The Bertz CT molecular complexity index is 519. The highest BCUT2D eigenvalue weighted by atomic mass is 35.5. The Morgan fingerprint density at radius 2 is 1.22 bits per heavy atom. The summed E-state index contributed by atoms with van der Waals surface area (Å²) < 4.78 is 0. The van der Waals surface area contributed by atoms with Crippen molar-refractivity contribution in [2.75, 3.05) is 0 Å². The van der Waals surface area contributed by atoms with Gasteiger partial charge in [0.15, 0.2) is 0 Å². The van der Waals surface area contributed by atoms with Crippen LogP contribution < -0.4 is 0 Å². The van der Waals surface area contributed by atoms with Crippen LogP contribution in [0.1, 0.15) is 36.5 Å². The van der Waals surface area contributed by atoms with Crippen LogP contribution in [0.25, 0.3) is 12.2 Å². The summed E-state index contributed by atoms with van der Waals surface area (Å²) in [6.07, 6.45) is 4.22. The zero-order chi connectivity index (χ0) is 13.0.